The van der Waals surface area contributed by atoms with Gasteiger partial charge in [0, 0.05) is 55.1 Å². The van der Waals surface area contributed by atoms with Crippen molar-refractivity contribution in [1.82, 2.24) is 24.8 Å². The lowest BCUT2D eigenvalue weighted by Gasteiger charge is -2.35. The summed E-state index contributed by atoms with van der Waals surface area (Å²) in [5.41, 5.74) is 3.88. The summed E-state index contributed by atoms with van der Waals surface area (Å²) in [4.78, 5) is 20.6. The quantitative estimate of drug-likeness (QED) is 0.656. The summed E-state index contributed by atoms with van der Waals surface area (Å²) in [6.07, 6.45) is 11.5. The molecule has 0 N–H and O–H groups in total. The van der Waals surface area contributed by atoms with Crippen molar-refractivity contribution in [3.8, 4) is 11.8 Å². The highest BCUT2D eigenvalue weighted by molar-refractivity contribution is 5.33. The Morgan fingerprint density at radius 1 is 1.00 bits per heavy atom. The molecule has 3 aliphatic rings. The zero-order valence-electron chi connectivity index (χ0n) is 16.2. The predicted octanol–water partition coefficient (Wildman–Crippen LogP) is 4.20. The number of rotatable bonds is 5. The zero-order chi connectivity index (χ0) is 19.2. The van der Waals surface area contributed by atoms with Gasteiger partial charge >= 0.3 is 6.01 Å². The van der Waals surface area contributed by atoms with Gasteiger partial charge in [0.15, 0.2) is 0 Å². The molecule has 1 saturated carbocycles. The molecule has 6 heteroatoms. The maximum Gasteiger partial charge on any atom is 0.321 e. The van der Waals surface area contributed by atoms with Crippen molar-refractivity contribution in [2.75, 3.05) is 0 Å². The molecule has 0 spiro atoms. The number of nitrogens with zero attached hydrogens (tertiary/aromatic N) is 5. The molecule has 1 aliphatic carbocycles. The van der Waals surface area contributed by atoms with Crippen LogP contribution >= 0.6 is 0 Å². The monoisotopic (exact) mass is 385 g/mol. The van der Waals surface area contributed by atoms with Crippen molar-refractivity contribution >= 4 is 0 Å². The molecule has 6 nitrogen and oxygen atoms in total. The highest BCUT2D eigenvalue weighted by Gasteiger charge is 2.41. The smallest absolute Gasteiger partial charge is 0.321 e. The minimum atomic E-state index is 0.375. The van der Waals surface area contributed by atoms with Gasteiger partial charge in [-0.2, -0.15) is 0 Å². The topological polar surface area (TPSA) is 64.0 Å². The molecule has 0 unspecified atom stereocenters. The van der Waals surface area contributed by atoms with Crippen molar-refractivity contribution in [2.45, 2.75) is 56.7 Å². The van der Waals surface area contributed by atoms with E-state index in [2.05, 4.69) is 33.2 Å². The van der Waals surface area contributed by atoms with E-state index < -0.39 is 0 Å². The normalized spacial score (nSPS) is 23.0. The Balaban J connectivity index is 1.22. The van der Waals surface area contributed by atoms with E-state index in [1.54, 1.807) is 18.5 Å². The Kier molecular flexibility index (Phi) is 4.04. The molecule has 4 heterocycles. The number of benzene rings is 1. The van der Waals surface area contributed by atoms with Crippen molar-refractivity contribution < 1.29 is 4.74 Å². The molecular weight excluding hydrogens is 362 g/mol. The van der Waals surface area contributed by atoms with Crippen LogP contribution in [0.3, 0.4) is 0 Å². The summed E-state index contributed by atoms with van der Waals surface area (Å²) in [5, 5.41) is 0. The van der Waals surface area contributed by atoms with Crippen LogP contribution < -0.4 is 4.74 Å². The Morgan fingerprint density at radius 3 is 2.76 bits per heavy atom. The zero-order valence-corrected chi connectivity index (χ0v) is 16.2. The van der Waals surface area contributed by atoms with Crippen LogP contribution in [0, 0.1) is 0 Å². The van der Waals surface area contributed by atoms with Crippen LogP contribution in [-0.4, -0.2) is 30.9 Å². The van der Waals surface area contributed by atoms with Crippen molar-refractivity contribution in [1.29, 1.82) is 0 Å². The summed E-state index contributed by atoms with van der Waals surface area (Å²) in [5.74, 6) is 2.47. The fraction of sp³-hybridized carbons (Fsp3) is 0.391. The Hall–Kier alpha value is -2.86. The molecule has 1 aromatic carbocycles. The third kappa shape index (κ3) is 3.27. The lowest BCUT2D eigenvalue weighted by Crippen LogP contribution is -2.37. The molecule has 2 atom stereocenters. The van der Waals surface area contributed by atoms with Crippen LogP contribution in [0.25, 0.3) is 0 Å². The standard InChI is InChI=1S/C23H23N5O/c1-3-15(11-18(4-1)29-23-24-9-2-10-25-23)14-28-17-7-8-21(28)19-13-26-22(16-5-6-16)27-20(19)12-17/h1-4,9-11,13,16-17,21H,5-8,12,14H2/t17-,21-/m1/s1. The number of fused-ring (bicyclic) bond motifs is 4. The van der Waals surface area contributed by atoms with Gasteiger partial charge in [0.2, 0.25) is 0 Å². The van der Waals surface area contributed by atoms with Crippen LogP contribution in [0.5, 0.6) is 11.8 Å². The molecule has 1 saturated heterocycles. The van der Waals surface area contributed by atoms with E-state index >= 15 is 0 Å². The predicted molar refractivity (Wildman–Crippen MR) is 108 cm³/mol. The van der Waals surface area contributed by atoms with Crippen LogP contribution in [0.15, 0.2) is 48.9 Å². The summed E-state index contributed by atoms with van der Waals surface area (Å²) in [6, 6.07) is 11.4. The average molecular weight is 385 g/mol. The van der Waals surface area contributed by atoms with Gasteiger partial charge in [0.1, 0.15) is 11.6 Å². The van der Waals surface area contributed by atoms with E-state index in [9.17, 15) is 0 Å². The number of hydrogen-bond acceptors (Lipinski definition) is 6. The molecular formula is C23H23N5O. The van der Waals surface area contributed by atoms with E-state index in [0.717, 1.165) is 24.5 Å². The van der Waals surface area contributed by atoms with E-state index in [0.29, 0.717) is 24.0 Å². The fourth-order valence-corrected chi connectivity index (χ4v) is 4.74. The Morgan fingerprint density at radius 2 is 1.90 bits per heavy atom. The molecule has 29 heavy (non-hydrogen) atoms. The van der Waals surface area contributed by atoms with Gasteiger partial charge in [-0.3, -0.25) is 4.90 Å². The number of ether oxygens (including phenoxy) is 1. The first kappa shape index (κ1) is 17.0. The molecule has 0 radical (unpaired) electrons. The molecule has 2 aliphatic heterocycles. The van der Waals surface area contributed by atoms with E-state index in [1.165, 1.54) is 42.5 Å². The van der Waals surface area contributed by atoms with Crippen LogP contribution in [0.1, 0.15) is 60.3 Å². The minimum absolute atomic E-state index is 0.375. The molecule has 146 valence electrons. The average Bonchev–Trinajstić information content (AvgIpc) is 3.55. The number of aromatic nitrogens is 4. The van der Waals surface area contributed by atoms with E-state index in [4.69, 9.17) is 14.7 Å². The second kappa shape index (κ2) is 6.88. The Labute approximate surface area is 170 Å². The van der Waals surface area contributed by atoms with Gasteiger partial charge in [-0.1, -0.05) is 12.1 Å². The molecule has 0 amide bonds. The van der Waals surface area contributed by atoms with Crippen LogP contribution in [-0.2, 0) is 13.0 Å². The summed E-state index contributed by atoms with van der Waals surface area (Å²) in [6.45, 7) is 0.909. The molecule has 6 rings (SSSR count). The third-order valence-corrected chi connectivity index (χ3v) is 6.31. The van der Waals surface area contributed by atoms with Crippen LogP contribution in [0.4, 0.5) is 0 Å². The number of hydrogen-bond donors (Lipinski definition) is 0. The Bertz CT molecular complexity index is 1040. The maximum atomic E-state index is 5.81. The van der Waals surface area contributed by atoms with Gasteiger partial charge in [-0.05, 0) is 49.4 Å². The van der Waals surface area contributed by atoms with E-state index in [1.807, 2.05) is 12.1 Å². The summed E-state index contributed by atoms with van der Waals surface area (Å²) in [7, 11) is 0. The highest BCUT2D eigenvalue weighted by Crippen LogP contribution is 2.45. The first-order valence-electron chi connectivity index (χ1n) is 10.5. The molecule has 2 aromatic heterocycles. The summed E-state index contributed by atoms with van der Waals surface area (Å²) < 4.78 is 5.81. The van der Waals surface area contributed by atoms with Gasteiger partial charge in [-0.25, -0.2) is 19.9 Å². The lowest BCUT2D eigenvalue weighted by atomic mass is 9.98. The first-order chi connectivity index (χ1) is 14.3. The molecule has 2 bridgehead atoms. The van der Waals surface area contributed by atoms with Crippen LogP contribution in [0.2, 0.25) is 0 Å². The second-order valence-corrected chi connectivity index (χ2v) is 8.31. The fourth-order valence-electron chi connectivity index (χ4n) is 4.74. The van der Waals surface area contributed by atoms with Gasteiger partial charge in [-0.15, -0.1) is 0 Å². The summed E-state index contributed by atoms with van der Waals surface area (Å²) >= 11 is 0. The van der Waals surface area contributed by atoms with Crippen molar-refractivity contribution in [2.24, 2.45) is 0 Å². The molecule has 3 aromatic rings. The van der Waals surface area contributed by atoms with Crippen molar-refractivity contribution in [3.63, 3.8) is 0 Å². The van der Waals surface area contributed by atoms with Crippen molar-refractivity contribution in [3.05, 3.63) is 71.6 Å². The highest BCUT2D eigenvalue weighted by atomic mass is 16.5. The first-order valence-corrected chi connectivity index (χ1v) is 10.5. The SMILES string of the molecule is c1cnc(Oc2cccc(CN3[C@@H]4CC[C@@H]3c3cnc(C5CC5)nc3C4)c2)nc1. The minimum Gasteiger partial charge on any atom is -0.424 e. The van der Waals surface area contributed by atoms with Gasteiger partial charge in [0.25, 0.3) is 0 Å². The third-order valence-electron chi connectivity index (χ3n) is 6.31. The largest absolute Gasteiger partial charge is 0.424 e. The molecule has 2 fully saturated rings. The van der Waals surface area contributed by atoms with E-state index in [-0.39, 0.29) is 0 Å². The van der Waals surface area contributed by atoms with Gasteiger partial charge in [0.05, 0.1) is 5.69 Å². The lowest BCUT2D eigenvalue weighted by molar-refractivity contribution is 0.166. The second-order valence-electron chi connectivity index (χ2n) is 8.31. The van der Waals surface area contributed by atoms with Gasteiger partial charge < -0.3 is 4.74 Å². The maximum absolute atomic E-state index is 5.81.